The number of amides is 2. The second kappa shape index (κ2) is 11.7. The van der Waals surface area contributed by atoms with E-state index in [0.717, 1.165) is 17.4 Å². The van der Waals surface area contributed by atoms with Gasteiger partial charge in [0.1, 0.15) is 24.7 Å². The number of rotatable bonds is 5. The number of aromatic nitrogens is 2. The van der Waals surface area contributed by atoms with Crippen molar-refractivity contribution in [2.75, 3.05) is 19.7 Å². The zero-order valence-corrected chi connectivity index (χ0v) is 24.0. The van der Waals surface area contributed by atoms with E-state index in [1.165, 1.54) is 30.9 Å². The zero-order valence-electron chi connectivity index (χ0n) is 24.0. The van der Waals surface area contributed by atoms with Crippen LogP contribution in [0.3, 0.4) is 0 Å². The third-order valence-corrected chi connectivity index (χ3v) is 7.85. The Kier molecular flexibility index (Phi) is 8.19. The third kappa shape index (κ3) is 6.01. The number of para-hydroxylation sites is 1. The van der Waals surface area contributed by atoms with E-state index in [1.54, 1.807) is 4.90 Å². The molecule has 0 spiro atoms. The smallest absolute Gasteiger partial charge is 0.491 e. The van der Waals surface area contributed by atoms with Crippen molar-refractivity contribution in [2.24, 2.45) is 0 Å². The van der Waals surface area contributed by atoms with Gasteiger partial charge in [0, 0.05) is 24.6 Å². The summed E-state index contributed by atoms with van der Waals surface area (Å²) in [6, 6.07) is 10.7. The van der Waals surface area contributed by atoms with Gasteiger partial charge in [-0.25, -0.2) is 9.18 Å². The first-order valence-corrected chi connectivity index (χ1v) is 13.7. The first kappa shape index (κ1) is 30.7. The van der Waals surface area contributed by atoms with E-state index in [9.17, 15) is 36.7 Å². The summed E-state index contributed by atoms with van der Waals surface area (Å²) < 4.78 is 58.9. The number of hydrogen-bond acceptors (Lipinski definition) is 7. The second-order valence-electron chi connectivity index (χ2n) is 10.9. The van der Waals surface area contributed by atoms with Gasteiger partial charge in [-0.15, -0.1) is 5.10 Å². The number of nitrogens with zero attached hydrogens (tertiary/aromatic N) is 4. The van der Waals surface area contributed by atoms with E-state index in [-0.39, 0.29) is 59.2 Å². The van der Waals surface area contributed by atoms with Gasteiger partial charge in [0.05, 0.1) is 17.3 Å². The van der Waals surface area contributed by atoms with E-state index >= 15 is 0 Å². The Morgan fingerprint density at radius 3 is 2.52 bits per heavy atom. The molecule has 0 saturated carbocycles. The van der Waals surface area contributed by atoms with Crippen LogP contribution in [0.25, 0.3) is 0 Å². The number of ether oxygens (including phenoxy) is 1. The normalized spacial score (nSPS) is 18.5. The first-order chi connectivity index (χ1) is 20.7. The summed E-state index contributed by atoms with van der Waals surface area (Å²) in [5.41, 5.74) is 0.327. The van der Waals surface area contributed by atoms with Crippen molar-refractivity contribution in [3.63, 3.8) is 0 Å². The molecule has 0 bridgehead atoms. The number of hydrogen-bond donors (Lipinski definition) is 0. The number of alkyl halides is 3. The van der Waals surface area contributed by atoms with Crippen LogP contribution < -0.4 is 15.1 Å². The van der Waals surface area contributed by atoms with E-state index < -0.39 is 29.4 Å². The summed E-state index contributed by atoms with van der Waals surface area (Å²) in [5.74, 6) is -3.69. The molecule has 232 valence electrons. The molecule has 2 unspecified atom stereocenters. The highest BCUT2D eigenvalue weighted by molar-refractivity contribution is 5.97. The maximum atomic E-state index is 14.9. The van der Waals surface area contributed by atoms with Gasteiger partial charge in [0.15, 0.2) is 0 Å². The molecular weight excluding hydrogens is 588 g/mol. The molecule has 2 amide bonds. The topological polar surface area (TPSA) is 111 Å². The van der Waals surface area contributed by atoms with Gasteiger partial charge in [-0.3, -0.25) is 14.4 Å². The van der Waals surface area contributed by atoms with Crippen molar-refractivity contribution in [1.29, 1.82) is 0 Å². The molecule has 2 aliphatic rings. The molecule has 0 N–H and O–H groups in total. The first-order valence-electron chi connectivity index (χ1n) is 13.7. The molecule has 1 aromatic heterocycles. The third-order valence-electron chi connectivity index (χ3n) is 7.85. The van der Waals surface area contributed by atoms with Gasteiger partial charge in [-0.05, 0) is 66.9 Å². The highest BCUT2D eigenvalue weighted by Crippen LogP contribution is 2.29. The van der Waals surface area contributed by atoms with Gasteiger partial charge >= 0.3 is 17.7 Å². The molecule has 1 saturated heterocycles. The number of carbonyl (C=O) groups is 3. The molecule has 14 heteroatoms. The Bertz CT molecular complexity index is 1710. The molecule has 2 aromatic carbocycles. The van der Waals surface area contributed by atoms with Crippen molar-refractivity contribution >= 4 is 17.8 Å². The van der Waals surface area contributed by atoms with Crippen LogP contribution in [-0.4, -0.2) is 75.5 Å². The standard InChI is InChI=1S/C30H28F4N4O6/c1-16-13-36(14-26(39)37(16)21-12-20-6-4-5-7-25(20)43-15-21)28(41)22-10-19(8-9-23(22)31)11-24-17(2)18(3)27(40)38(35-24)44-29(42)30(32,33)34/h4-10,16,21H,11-15H2,1-3H3. The summed E-state index contributed by atoms with van der Waals surface area (Å²) in [5, 5.41) is 3.77. The molecule has 0 radical (unpaired) electrons. The molecular formula is C30H28F4N4O6. The molecule has 2 aliphatic heterocycles. The van der Waals surface area contributed by atoms with Crippen LogP contribution >= 0.6 is 0 Å². The molecule has 44 heavy (non-hydrogen) atoms. The Labute approximate surface area is 248 Å². The van der Waals surface area contributed by atoms with E-state index in [1.807, 2.05) is 31.2 Å². The van der Waals surface area contributed by atoms with E-state index in [2.05, 4.69) is 9.94 Å². The molecule has 3 heterocycles. The molecule has 0 aliphatic carbocycles. The van der Waals surface area contributed by atoms with Gasteiger partial charge in [-0.1, -0.05) is 24.3 Å². The zero-order chi connectivity index (χ0) is 31.9. The monoisotopic (exact) mass is 616 g/mol. The lowest BCUT2D eigenvalue weighted by atomic mass is 9.98. The maximum absolute atomic E-state index is 14.9. The van der Waals surface area contributed by atoms with Gasteiger partial charge in [0.25, 0.3) is 5.91 Å². The Hall–Kier alpha value is -4.75. The maximum Gasteiger partial charge on any atom is 0.493 e. The lowest BCUT2D eigenvalue weighted by Crippen LogP contribution is -2.61. The van der Waals surface area contributed by atoms with Crippen molar-refractivity contribution in [3.05, 3.63) is 92.1 Å². The fourth-order valence-corrected chi connectivity index (χ4v) is 5.49. The van der Waals surface area contributed by atoms with Crippen LogP contribution in [0.15, 0.2) is 47.3 Å². The van der Waals surface area contributed by atoms with E-state index in [0.29, 0.717) is 24.2 Å². The number of fused-ring (bicyclic) bond motifs is 1. The van der Waals surface area contributed by atoms with Crippen LogP contribution in [0.5, 0.6) is 5.75 Å². The summed E-state index contributed by atoms with van der Waals surface area (Å²) in [4.78, 5) is 57.5. The van der Waals surface area contributed by atoms with Crippen molar-refractivity contribution < 1.29 is 41.5 Å². The Morgan fingerprint density at radius 1 is 1.09 bits per heavy atom. The number of piperazine rings is 1. The summed E-state index contributed by atoms with van der Waals surface area (Å²) in [7, 11) is 0. The van der Waals surface area contributed by atoms with Gasteiger partial charge in [-0.2, -0.15) is 13.2 Å². The molecule has 2 atom stereocenters. The van der Waals surface area contributed by atoms with E-state index in [4.69, 9.17) is 4.74 Å². The number of carbonyl (C=O) groups excluding carboxylic acids is 3. The van der Waals surface area contributed by atoms with Gasteiger partial charge < -0.3 is 19.4 Å². The summed E-state index contributed by atoms with van der Waals surface area (Å²) in [6.07, 6.45) is -4.89. The van der Waals surface area contributed by atoms with Crippen molar-refractivity contribution in [2.45, 2.75) is 51.9 Å². The predicted octanol–water partition coefficient (Wildman–Crippen LogP) is 2.78. The molecule has 1 fully saturated rings. The number of halogens is 4. The van der Waals surface area contributed by atoms with Crippen molar-refractivity contribution in [1.82, 2.24) is 19.7 Å². The van der Waals surface area contributed by atoms with Crippen LogP contribution in [0.4, 0.5) is 17.6 Å². The minimum atomic E-state index is -5.35. The highest BCUT2D eigenvalue weighted by Gasteiger charge is 2.43. The van der Waals surface area contributed by atoms with Crippen LogP contribution in [0.2, 0.25) is 0 Å². The summed E-state index contributed by atoms with van der Waals surface area (Å²) in [6.45, 7) is 4.85. The SMILES string of the molecule is Cc1c(Cc2ccc(F)c(C(=O)N3CC(=O)N(C4COc5ccccc5C4)C(C)C3)c2)nn(OC(=O)C(F)(F)F)c(=O)c1C. The minimum absolute atomic E-state index is 0.0133. The van der Waals surface area contributed by atoms with Gasteiger partial charge in [0.2, 0.25) is 5.91 Å². The lowest BCUT2D eigenvalue weighted by molar-refractivity contribution is -0.202. The minimum Gasteiger partial charge on any atom is -0.491 e. The fourth-order valence-electron chi connectivity index (χ4n) is 5.49. The lowest BCUT2D eigenvalue weighted by Gasteiger charge is -2.44. The van der Waals surface area contributed by atoms with Crippen LogP contribution in [0, 0.1) is 19.7 Å². The van der Waals surface area contributed by atoms with Crippen molar-refractivity contribution in [3.8, 4) is 5.75 Å². The fraction of sp³-hybridized carbons (Fsp3) is 0.367. The Morgan fingerprint density at radius 2 is 1.82 bits per heavy atom. The Balaban J connectivity index is 1.33. The largest absolute Gasteiger partial charge is 0.493 e. The average Bonchev–Trinajstić information content (AvgIpc) is 2.98. The second-order valence-corrected chi connectivity index (χ2v) is 10.9. The molecule has 10 nitrogen and oxygen atoms in total. The summed E-state index contributed by atoms with van der Waals surface area (Å²) >= 11 is 0. The molecule has 5 rings (SSSR count). The molecule has 3 aromatic rings. The average molecular weight is 617 g/mol. The predicted molar refractivity (Wildman–Crippen MR) is 146 cm³/mol. The van der Waals surface area contributed by atoms with Crippen LogP contribution in [-0.2, 0) is 22.4 Å². The highest BCUT2D eigenvalue weighted by atomic mass is 19.4. The van der Waals surface area contributed by atoms with Crippen LogP contribution in [0.1, 0.15) is 45.2 Å². The number of benzene rings is 2. The quantitative estimate of drug-likeness (QED) is 0.406.